The highest BCUT2D eigenvalue weighted by atomic mass is 79.9. The summed E-state index contributed by atoms with van der Waals surface area (Å²) in [5, 5.41) is 11.0. The molecule has 3 aromatic rings. The second kappa shape index (κ2) is 7.50. The van der Waals surface area contributed by atoms with Gasteiger partial charge in [-0.1, -0.05) is 15.9 Å². The highest BCUT2D eigenvalue weighted by Gasteiger charge is 2.20. The van der Waals surface area contributed by atoms with E-state index in [4.69, 9.17) is 4.74 Å². The Morgan fingerprint density at radius 1 is 1.27 bits per heavy atom. The summed E-state index contributed by atoms with van der Waals surface area (Å²) in [5.41, 5.74) is 1.11. The van der Waals surface area contributed by atoms with Crippen LogP contribution in [0.25, 0.3) is 10.2 Å². The van der Waals surface area contributed by atoms with Gasteiger partial charge in [0.2, 0.25) is 0 Å². The largest absolute Gasteiger partial charge is 0.491 e. The first-order chi connectivity index (χ1) is 12.6. The summed E-state index contributed by atoms with van der Waals surface area (Å²) >= 11 is 5.01. The quantitative estimate of drug-likeness (QED) is 0.666. The van der Waals surface area contributed by atoms with E-state index in [2.05, 4.69) is 20.9 Å². The Balaban J connectivity index is 1.50. The molecule has 5 nitrogen and oxygen atoms in total. The van der Waals surface area contributed by atoms with Gasteiger partial charge in [-0.2, -0.15) is 0 Å². The Bertz CT molecular complexity index is 981. The highest BCUT2D eigenvalue weighted by Crippen LogP contribution is 2.33. The first-order valence-electron chi connectivity index (χ1n) is 8.68. The molecular weight excluding hydrogens is 416 g/mol. The number of aryl methyl sites for hydroxylation is 2. The van der Waals surface area contributed by atoms with Crippen LogP contribution in [0.15, 0.2) is 39.9 Å². The lowest BCUT2D eigenvalue weighted by Gasteiger charge is -2.14. The maximum Gasteiger partial charge on any atom is 0.262 e. The van der Waals surface area contributed by atoms with Crippen LogP contribution in [-0.2, 0) is 19.4 Å². The summed E-state index contributed by atoms with van der Waals surface area (Å²) in [6, 6.07) is 7.41. The molecule has 0 bridgehead atoms. The van der Waals surface area contributed by atoms with Crippen LogP contribution in [-0.4, -0.2) is 27.4 Å². The number of hydrogen-bond donors (Lipinski definition) is 1. The van der Waals surface area contributed by atoms with E-state index in [-0.39, 0.29) is 18.7 Å². The standard InChI is InChI=1S/C19H19BrN2O3S/c20-12-5-7-14(8-6-12)25-10-13(23)9-22-11-21-18-17(19(22)24)15-3-1-2-4-16(15)26-18/h5-8,11,13,23H,1-4,9-10H2. The van der Waals surface area contributed by atoms with Crippen molar-refractivity contribution in [1.29, 1.82) is 0 Å². The third-order valence-electron chi connectivity index (χ3n) is 4.61. The van der Waals surface area contributed by atoms with Gasteiger partial charge in [-0.15, -0.1) is 11.3 Å². The zero-order valence-corrected chi connectivity index (χ0v) is 16.6. The smallest absolute Gasteiger partial charge is 0.262 e. The fourth-order valence-electron chi connectivity index (χ4n) is 3.31. The molecule has 7 heteroatoms. The molecule has 1 N–H and O–H groups in total. The van der Waals surface area contributed by atoms with Crippen molar-refractivity contribution in [3.8, 4) is 5.75 Å². The average Bonchev–Trinajstić information content (AvgIpc) is 3.03. The Kier molecular flexibility index (Phi) is 5.11. The van der Waals surface area contributed by atoms with Crippen molar-refractivity contribution in [2.45, 2.75) is 38.3 Å². The minimum atomic E-state index is -0.787. The number of fused-ring (bicyclic) bond motifs is 3. The van der Waals surface area contributed by atoms with Crippen LogP contribution < -0.4 is 10.3 Å². The lowest BCUT2D eigenvalue weighted by Crippen LogP contribution is -2.30. The summed E-state index contributed by atoms with van der Waals surface area (Å²) in [5.74, 6) is 0.681. The van der Waals surface area contributed by atoms with Crippen molar-refractivity contribution in [2.24, 2.45) is 0 Å². The molecule has 1 aliphatic carbocycles. The lowest BCUT2D eigenvalue weighted by atomic mass is 9.97. The second-order valence-corrected chi connectivity index (χ2v) is 8.51. The van der Waals surface area contributed by atoms with E-state index in [1.165, 1.54) is 27.8 Å². The van der Waals surface area contributed by atoms with Crippen molar-refractivity contribution in [1.82, 2.24) is 9.55 Å². The Hall–Kier alpha value is -1.70. The van der Waals surface area contributed by atoms with E-state index in [0.29, 0.717) is 5.75 Å². The molecule has 4 rings (SSSR count). The third-order valence-corrected chi connectivity index (χ3v) is 6.33. The van der Waals surface area contributed by atoms with Gasteiger partial charge in [-0.05, 0) is 55.5 Å². The molecule has 0 spiro atoms. The van der Waals surface area contributed by atoms with Crippen LogP contribution in [0.1, 0.15) is 23.3 Å². The highest BCUT2D eigenvalue weighted by molar-refractivity contribution is 9.10. The Morgan fingerprint density at radius 2 is 2.04 bits per heavy atom. The summed E-state index contributed by atoms with van der Waals surface area (Å²) in [6.45, 7) is 0.288. The van der Waals surface area contributed by atoms with Gasteiger partial charge in [0, 0.05) is 9.35 Å². The van der Waals surface area contributed by atoms with Gasteiger partial charge in [0.15, 0.2) is 0 Å². The average molecular weight is 435 g/mol. The van der Waals surface area contributed by atoms with Gasteiger partial charge >= 0.3 is 0 Å². The van der Waals surface area contributed by atoms with E-state index in [1.54, 1.807) is 11.3 Å². The van der Waals surface area contributed by atoms with Crippen molar-refractivity contribution in [3.05, 3.63) is 55.9 Å². The molecule has 136 valence electrons. The topological polar surface area (TPSA) is 64.4 Å². The Morgan fingerprint density at radius 3 is 2.85 bits per heavy atom. The van der Waals surface area contributed by atoms with Crippen LogP contribution in [0, 0.1) is 0 Å². The minimum Gasteiger partial charge on any atom is -0.491 e. The van der Waals surface area contributed by atoms with Crippen LogP contribution in [0.4, 0.5) is 0 Å². The molecule has 26 heavy (non-hydrogen) atoms. The normalized spacial score (nSPS) is 15.0. The maximum absolute atomic E-state index is 12.9. The molecule has 2 aromatic heterocycles. The minimum absolute atomic E-state index is 0.0582. The molecule has 1 aromatic carbocycles. The van der Waals surface area contributed by atoms with E-state index < -0.39 is 6.10 Å². The zero-order chi connectivity index (χ0) is 18.1. The predicted molar refractivity (Wildman–Crippen MR) is 106 cm³/mol. The van der Waals surface area contributed by atoms with Crippen molar-refractivity contribution < 1.29 is 9.84 Å². The molecule has 1 aliphatic rings. The third kappa shape index (κ3) is 3.56. The monoisotopic (exact) mass is 434 g/mol. The van der Waals surface area contributed by atoms with Gasteiger partial charge in [0.05, 0.1) is 18.3 Å². The maximum atomic E-state index is 12.9. The summed E-state index contributed by atoms with van der Waals surface area (Å²) < 4.78 is 8.06. The van der Waals surface area contributed by atoms with Gasteiger partial charge in [0.25, 0.3) is 5.56 Å². The molecule has 0 amide bonds. The molecule has 1 atom stereocenters. The summed E-state index contributed by atoms with van der Waals surface area (Å²) in [4.78, 5) is 19.5. The molecule has 0 aliphatic heterocycles. The van der Waals surface area contributed by atoms with E-state index in [0.717, 1.165) is 34.0 Å². The predicted octanol–water partition coefficient (Wildman–Crippen LogP) is 3.54. The zero-order valence-electron chi connectivity index (χ0n) is 14.2. The number of aliphatic hydroxyl groups excluding tert-OH is 1. The van der Waals surface area contributed by atoms with Crippen LogP contribution in [0.5, 0.6) is 5.75 Å². The fourth-order valence-corrected chi connectivity index (χ4v) is 4.80. The summed E-state index contributed by atoms with van der Waals surface area (Å²) in [6.07, 6.45) is 5.04. The fraction of sp³-hybridized carbons (Fsp3) is 0.368. The number of benzene rings is 1. The first-order valence-corrected chi connectivity index (χ1v) is 10.3. The number of thiophene rings is 1. The number of aliphatic hydroxyl groups is 1. The van der Waals surface area contributed by atoms with E-state index >= 15 is 0 Å². The lowest BCUT2D eigenvalue weighted by molar-refractivity contribution is 0.0915. The molecule has 2 heterocycles. The molecule has 0 saturated carbocycles. The second-order valence-electron chi connectivity index (χ2n) is 6.51. The number of aromatic nitrogens is 2. The molecule has 0 fully saturated rings. The molecule has 1 unspecified atom stereocenters. The van der Waals surface area contributed by atoms with Crippen molar-refractivity contribution in [3.63, 3.8) is 0 Å². The van der Waals surface area contributed by atoms with Gasteiger partial charge < -0.3 is 9.84 Å². The van der Waals surface area contributed by atoms with E-state index in [1.807, 2.05) is 24.3 Å². The first kappa shape index (κ1) is 17.7. The molecule has 0 radical (unpaired) electrons. The van der Waals surface area contributed by atoms with Crippen molar-refractivity contribution >= 4 is 37.5 Å². The van der Waals surface area contributed by atoms with Crippen molar-refractivity contribution in [2.75, 3.05) is 6.61 Å². The SMILES string of the molecule is O=c1c2c3c(sc2ncn1CC(O)COc1ccc(Br)cc1)CCCC3. The van der Waals surface area contributed by atoms with Gasteiger partial charge in [-0.3, -0.25) is 9.36 Å². The number of hydrogen-bond acceptors (Lipinski definition) is 5. The Labute approximate surface area is 163 Å². The van der Waals surface area contributed by atoms with Crippen LogP contribution in [0.2, 0.25) is 0 Å². The summed E-state index contributed by atoms with van der Waals surface area (Å²) in [7, 11) is 0. The van der Waals surface area contributed by atoms with Gasteiger partial charge in [0.1, 0.15) is 23.3 Å². The van der Waals surface area contributed by atoms with E-state index in [9.17, 15) is 9.90 Å². The number of halogens is 1. The van der Waals surface area contributed by atoms with Crippen LogP contribution in [0.3, 0.4) is 0 Å². The number of nitrogens with zero attached hydrogens (tertiary/aromatic N) is 2. The molecule has 0 saturated heterocycles. The molecular formula is C19H19BrN2O3S. The van der Waals surface area contributed by atoms with Crippen LogP contribution >= 0.6 is 27.3 Å². The number of rotatable bonds is 5. The van der Waals surface area contributed by atoms with Gasteiger partial charge in [-0.25, -0.2) is 4.98 Å². The number of ether oxygens (including phenoxy) is 1.